The van der Waals surface area contributed by atoms with Gasteiger partial charge in [0.1, 0.15) is 18.0 Å². The molecule has 8 nitrogen and oxygen atoms in total. The predicted octanol–water partition coefficient (Wildman–Crippen LogP) is 6.03. The molecule has 0 amide bonds. The fourth-order valence-electron chi connectivity index (χ4n) is 5.60. The number of aromatic hydroxyl groups is 2. The van der Waals surface area contributed by atoms with Crippen LogP contribution >= 0.6 is 12.2 Å². The first-order valence-electron chi connectivity index (χ1n) is 13.9. The van der Waals surface area contributed by atoms with Gasteiger partial charge in [-0.1, -0.05) is 42.5 Å². The third-order valence-corrected chi connectivity index (χ3v) is 8.18. The van der Waals surface area contributed by atoms with E-state index in [9.17, 15) is 25.2 Å². The zero-order valence-electron chi connectivity index (χ0n) is 23.9. The number of benzene rings is 4. The fourth-order valence-corrected chi connectivity index (χ4v) is 5.80. The lowest BCUT2D eigenvalue weighted by atomic mass is 9.85. The Labute approximate surface area is 259 Å². The number of carbonyl (C=O) groups excluding carboxylic acids is 1. The Morgan fingerprint density at radius 2 is 1.68 bits per heavy atom. The van der Waals surface area contributed by atoms with Gasteiger partial charge in [0, 0.05) is 30.3 Å². The number of carbonyl (C=O) groups is 1. The van der Waals surface area contributed by atoms with Crippen LogP contribution < -0.4 is 9.64 Å². The lowest BCUT2D eigenvalue weighted by molar-refractivity contribution is -0.114. The van der Waals surface area contributed by atoms with E-state index in [1.165, 1.54) is 35.2 Å². The number of allylic oxidation sites excluding steroid dienone is 2. The van der Waals surface area contributed by atoms with Gasteiger partial charge in [-0.15, -0.1) is 0 Å². The van der Waals surface area contributed by atoms with E-state index in [1.807, 2.05) is 54.4 Å². The lowest BCUT2D eigenvalue weighted by Crippen LogP contribution is -2.39. The van der Waals surface area contributed by atoms with Crippen LogP contribution in [0.1, 0.15) is 16.7 Å². The molecule has 0 radical (unpaired) electrons. The van der Waals surface area contributed by atoms with Crippen molar-refractivity contribution in [3.8, 4) is 17.2 Å². The first kappa shape index (κ1) is 29.0. The molecular weight excluding hydrogens is 578 g/mol. The van der Waals surface area contributed by atoms with Crippen molar-refractivity contribution in [2.75, 3.05) is 18.6 Å². The Morgan fingerprint density at radius 1 is 0.932 bits per heavy atom. The van der Waals surface area contributed by atoms with Gasteiger partial charge in [0.05, 0.1) is 0 Å². The van der Waals surface area contributed by atoms with Gasteiger partial charge in [-0.05, 0) is 95.2 Å². The first-order chi connectivity index (χ1) is 21.0. The van der Waals surface area contributed by atoms with Crippen molar-refractivity contribution < 1.29 is 34.7 Å². The number of nitrogens with zero attached hydrogens (tertiary/aromatic N) is 1. The molecule has 222 valence electrons. The maximum atomic E-state index is 11.5. The van der Waals surface area contributed by atoms with Gasteiger partial charge in [-0.2, -0.15) is 0 Å². The highest BCUT2D eigenvalue weighted by atomic mass is 32.1. The molecule has 44 heavy (non-hydrogen) atoms. The van der Waals surface area contributed by atoms with Gasteiger partial charge >= 0.3 is 0 Å². The highest BCUT2D eigenvalue weighted by Gasteiger charge is 2.47. The second-order valence-electron chi connectivity index (χ2n) is 10.9. The number of aliphatic hydroxyl groups excluding tert-OH is 1. The Balaban J connectivity index is 0.000000156. The minimum Gasteiger partial charge on any atom is -0.504 e. The Hall–Kier alpha value is -5.12. The molecule has 0 bridgehead atoms. The smallest absolute Gasteiger partial charge is 0.269 e. The summed E-state index contributed by atoms with van der Waals surface area (Å²) in [5, 5.41) is 42.8. The van der Waals surface area contributed by atoms with E-state index in [4.69, 9.17) is 21.7 Å². The summed E-state index contributed by atoms with van der Waals surface area (Å²) >= 11 is 5.41. The Morgan fingerprint density at radius 3 is 2.45 bits per heavy atom. The van der Waals surface area contributed by atoms with Crippen LogP contribution in [0.4, 0.5) is 5.69 Å². The zero-order valence-corrected chi connectivity index (χ0v) is 24.8. The number of phenolic OH excluding ortho intramolecular Hbond substituents is 2. The first-order valence-corrected chi connectivity index (χ1v) is 14.3. The molecule has 0 aromatic heterocycles. The summed E-state index contributed by atoms with van der Waals surface area (Å²) in [4.78, 5) is 13.4. The number of aryl methyl sites for hydroxylation is 1. The summed E-state index contributed by atoms with van der Waals surface area (Å²) in [5.41, 5.74) is 3.01. The van der Waals surface area contributed by atoms with Crippen molar-refractivity contribution in [3.05, 3.63) is 125 Å². The third kappa shape index (κ3) is 5.27. The highest BCUT2D eigenvalue weighted by Crippen LogP contribution is 2.50. The maximum Gasteiger partial charge on any atom is 0.269 e. The van der Waals surface area contributed by atoms with Gasteiger partial charge in [0.15, 0.2) is 17.3 Å². The summed E-state index contributed by atoms with van der Waals surface area (Å²) in [6.07, 6.45) is 2.90. The van der Waals surface area contributed by atoms with E-state index in [0.717, 1.165) is 16.8 Å². The largest absolute Gasteiger partial charge is 0.504 e. The van der Waals surface area contributed by atoms with Crippen LogP contribution in [0, 0.1) is 6.92 Å². The standard InChI is InChI=1S/C19H17NOS.C16H12O6/c1-14-6-5-9-17(12-14)20(2)19(22)21-18-11-10-15-7-3-4-8-16(15)13-18;17-10-2-1-8-13-9-4-12(19)11(18)3-7(9)5-16(13,21)6-22-15(8)14(10)20/h3-13H,1-2H3;1-4,18-21H,5-6H2. The number of anilines is 1. The summed E-state index contributed by atoms with van der Waals surface area (Å²) in [6, 6.07) is 25.1. The summed E-state index contributed by atoms with van der Waals surface area (Å²) in [5.74, 6) is -0.829. The number of hydrogen-bond donors (Lipinski definition) is 4. The lowest BCUT2D eigenvalue weighted by Gasteiger charge is -2.33. The second kappa shape index (κ2) is 11.2. The van der Waals surface area contributed by atoms with Gasteiger partial charge in [-0.3, -0.25) is 4.79 Å². The normalized spacial score (nSPS) is 18.1. The molecule has 3 aliphatic rings. The molecule has 7 rings (SSSR count). The van der Waals surface area contributed by atoms with Crippen LogP contribution in [0.2, 0.25) is 0 Å². The number of hydrogen-bond acceptors (Lipinski definition) is 8. The number of fused-ring (bicyclic) bond motifs is 5. The fraction of sp³-hybridized carbons (Fsp3) is 0.143. The molecule has 9 heteroatoms. The number of ether oxygens (including phenoxy) is 2. The van der Waals surface area contributed by atoms with Crippen LogP contribution in [0.15, 0.2) is 108 Å². The molecule has 0 spiro atoms. The molecule has 0 fully saturated rings. The molecule has 2 aliphatic carbocycles. The number of rotatable bonds is 2. The van der Waals surface area contributed by atoms with E-state index in [0.29, 0.717) is 27.4 Å². The van der Waals surface area contributed by atoms with Crippen LogP contribution in [-0.2, 0) is 16.0 Å². The summed E-state index contributed by atoms with van der Waals surface area (Å²) in [6.45, 7) is 1.94. The second-order valence-corrected chi connectivity index (χ2v) is 11.3. The van der Waals surface area contributed by atoms with Gasteiger partial charge < -0.3 is 34.8 Å². The van der Waals surface area contributed by atoms with Crippen molar-refractivity contribution in [1.82, 2.24) is 0 Å². The number of aliphatic hydroxyl groups is 2. The zero-order chi connectivity index (χ0) is 31.2. The molecular formula is C35H29NO7S. The summed E-state index contributed by atoms with van der Waals surface area (Å²) < 4.78 is 11.2. The number of ketones is 1. The number of phenols is 2. The minimum atomic E-state index is -1.33. The molecule has 4 aromatic carbocycles. The van der Waals surface area contributed by atoms with Crippen LogP contribution in [0.5, 0.6) is 17.2 Å². The van der Waals surface area contributed by atoms with Gasteiger partial charge in [0.2, 0.25) is 11.5 Å². The Bertz CT molecular complexity index is 1940. The average molecular weight is 608 g/mol. The molecule has 4 aromatic rings. The molecule has 1 atom stereocenters. The highest BCUT2D eigenvalue weighted by molar-refractivity contribution is 7.80. The maximum absolute atomic E-state index is 11.5. The predicted molar refractivity (Wildman–Crippen MR) is 172 cm³/mol. The van der Waals surface area contributed by atoms with Crippen molar-refractivity contribution in [2.45, 2.75) is 18.9 Å². The van der Waals surface area contributed by atoms with Crippen molar-refractivity contribution in [1.29, 1.82) is 0 Å². The number of thiocarbonyl (C=S) groups is 1. The Kier molecular flexibility index (Phi) is 7.36. The van der Waals surface area contributed by atoms with Crippen molar-refractivity contribution in [2.24, 2.45) is 0 Å². The molecule has 1 heterocycles. The quantitative estimate of drug-likeness (QED) is 0.160. The molecule has 1 unspecified atom stereocenters. The SMILES string of the molecule is Cc1cccc(N(C)C(=S)Oc2ccc3ccccc3c2)c1.O=C1C=CC2=C3c4cc(O)c(O)cc4CC3(O)COC2=C1O. The van der Waals surface area contributed by atoms with Crippen LogP contribution in [0.25, 0.3) is 16.3 Å². The topological polar surface area (TPSA) is 120 Å². The van der Waals surface area contributed by atoms with Crippen molar-refractivity contribution >= 4 is 45.2 Å². The summed E-state index contributed by atoms with van der Waals surface area (Å²) in [7, 11) is 1.91. The minimum absolute atomic E-state index is 0.0348. The third-order valence-electron chi connectivity index (χ3n) is 7.83. The van der Waals surface area contributed by atoms with Crippen molar-refractivity contribution in [3.63, 3.8) is 0 Å². The van der Waals surface area contributed by atoms with Gasteiger partial charge in [0.25, 0.3) is 5.17 Å². The van der Waals surface area contributed by atoms with Crippen LogP contribution in [-0.4, -0.2) is 50.6 Å². The average Bonchev–Trinajstić information content (AvgIpc) is 3.30. The molecule has 0 saturated heterocycles. The van der Waals surface area contributed by atoms with Crippen LogP contribution in [0.3, 0.4) is 0 Å². The van der Waals surface area contributed by atoms with E-state index < -0.39 is 17.1 Å². The molecule has 1 aliphatic heterocycles. The van der Waals surface area contributed by atoms with Gasteiger partial charge in [-0.25, -0.2) is 0 Å². The monoisotopic (exact) mass is 607 g/mol. The van der Waals surface area contributed by atoms with E-state index in [-0.39, 0.29) is 30.3 Å². The van der Waals surface area contributed by atoms with E-state index >= 15 is 0 Å². The molecule has 4 N–H and O–H groups in total. The molecule has 0 saturated carbocycles. The van der Waals surface area contributed by atoms with E-state index in [1.54, 1.807) is 0 Å². The van der Waals surface area contributed by atoms with E-state index in [2.05, 4.69) is 31.2 Å².